The molecule has 0 aromatic carbocycles. The molecule has 0 heterocycles. The second-order valence-electron chi connectivity index (χ2n) is 1.89. The van der Waals surface area contributed by atoms with E-state index in [-0.39, 0.29) is 0 Å². The average molecular weight is 110 g/mol. The van der Waals surface area contributed by atoms with Crippen LogP contribution in [0.25, 0.3) is 0 Å². The van der Waals surface area contributed by atoms with Crippen LogP contribution in [-0.4, -0.2) is 32.7 Å². The van der Waals surface area contributed by atoms with Gasteiger partial charge in [0.05, 0.1) is 7.85 Å². The van der Waals surface area contributed by atoms with E-state index in [1.54, 1.807) is 5.01 Å². The summed E-state index contributed by atoms with van der Waals surface area (Å²) in [6.07, 6.45) is 0.540. The predicted molar refractivity (Wildman–Crippen MR) is 37.4 cm³/mol. The lowest BCUT2D eigenvalue weighted by molar-refractivity contribution is 0.437. The highest BCUT2D eigenvalue weighted by Gasteiger charge is 1.83. The normalized spacial score (nSPS) is 11.6. The molecule has 8 heavy (non-hydrogen) atoms. The van der Waals surface area contributed by atoms with E-state index in [9.17, 15) is 0 Å². The van der Waals surface area contributed by atoms with Crippen LogP contribution in [0.3, 0.4) is 0 Å². The molecule has 0 unspecified atom stereocenters. The molecule has 0 aromatic heterocycles. The van der Waals surface area contributed by atoms with Gasteiger partial charge in [-0.25, -0.2) is 0 Å². The third-order valence-electron chi connectivity index (χ3n) is 0.666. The fourth-order valence-corrected chi connectivity index (χ4v) is 0.382. The average Bonchev–Trinajstić information content (AvgIpc) is 1.65. The molecule has 0 aliphatic rings. The van der Waals surface area contributed by atoms with E-state index >= 15 is 0 Å². The minimum Gasteiger partial charge on any atom is -0.303 e. The number of hydrogen-bond acceptors (Lipinski definition) is 2. The lowest BCUT2D eigenvalue weighted by Crippen LogP contribution is -2.05. The summed E-state index contributed by atoms with van der Waals surface area (Å²) < 4.78 is 0. The van der Waals surface area contributed by atoms with Gasteiger partial charge in [-0.3, -0.25) is 0 Å². The van der Waals surface area contributed by atoms with Crippen molar-refractivity contribution >= 4 is 13.6 Å². The standard InChI is InChI=1S/C5H11BN2/c1-5(4-6)7-8(2)3/h4H2,1-3H3/b7-5+. The maximum absolute atomic E-state index is 5.26. The Labute approximate surface area is 52.0 Å². The van der Waals surface area contributed by atoms with E-state index in [0.29, 0.717) is 6.32 Å². The van der Waals surface area contributed by atoms with Gasteiger partial charge in [0.1, 0.15) is 0 Å². The largest absolute Gasteiger partial charge is 0.303 e. The van der Waals surface area contributed by atoms with Crippen LogP contribution in [0.15, 0.2) is 5.10 Å². The third-order valence-corrected chi connectivity index (χ3v) is 0.666. The van der Waals surface area contributed by atoms with Crippen molar-refractivity contribution in [3.05, 3.63) is 0 Å². The number of rotatable bonds is 2. The molecule has 0 spiro atoms. The quantitative estimate of drug-likeness (QED) is 0.287. The van der Waals surface area contributed by atoms with Gasteiger partial charge in [0, 0.05) is 19.8 Å². The Hall–Kier alpha value is -0.465. The van der Waals surface area contributed by atoms with Crippen molar-refractivity contribution in [1.29, 1.82) is 0 Å². The van der Waals surface area contributed by atoms with Gasteiger partial charge < -0.3 is 5.01 Å². The van der Waals surface area contributed by atoms with E-state index in [1.807, 2.05) is 21.0 Å². The van der Waals surface area contributed by atoms with Crippen molar-refractivity contribution in [2.75, 3.05) is 14.1 Å². The number of hydrazone groups is 1. The van der Waals surface area contributed by atoms with Crippen LogP contribution in [0.4, 0.5) is 0 Å². The van der Waals surface area contributed by atoms with Crippen LogP contribution >= 0.6 is 0 Å². The Morgan fingerprint density at radius 3 is 2.25 bits per heavy atom. The molecule has 2 nitrogen and oxygen atoms in total. The molecule has 0 bridgehead atoms. The van der Waals surface area contributed by atoms with Gasteiger partial charge in [-0.05, 0) is 13.2 Å². The second-order valence-corrected chi connectivity index (χ2v) is 1.89. The zero-order chi connectivity index (χ0) is 6.57. The van der Waals surface area contributed by atoms with Gasteiger partial charge in [-0.1, -0.05) is 0 Å². The molecular formula is C5H11BN2. The van der Waals surface area contributed by atoms with Gasteiger partial charge >= 0.3 is 0 Å². The molecular weight excluding hydrogens is 98.9 g/mol. The first-order valence-electron chi connectivity index (χ1n) is 2.58. The maximum atomic E-state index is 5.26. The van der Waals surface area contributed by atoms with Gasteiger partial charge in [0.15, 0.2) is 0 Å². The molecule has 0 aliphatic heterocycles. The zero-order valence-corrected chi connectivity index (χ0v) is 5.68. The van der Waals surface area contributed by atoms with Gasteiger partial charge in [-0.15, -0.1) is 0 Å². The summed E-state index contributed by atoms with van der Waals surface area (Å²) in [5.74, 6) is 0. The molecule has 0 saturated carbocycles. The van der Waals surface area contributed by atoms with Crippen molar-refractivity contribution in [2.24, 2.45) is 5.10 Å². The minimum atomic E-state index is 0.540. The van der Waals surface area contributed by atoms with Gasteiger partial charge in [0.2, 0.25) is 0 Å². The molecule has 0 N–H and O–H groups in total. The second kappa shape index (κ2) is 3.53. The molecule has 0 aliphatic carbocycles. The Morgan fingerprint density at radius 1 is 1.62 bits per heavy atom. The van der Waals surface area contributed by atoms with E-state index < -0.39 is 0 Å². The van der Waals surface area contributed by atoms with Crippen molar-refractivity contribution in [1.82, 2.24) is 5.01 Å². The van der Waals surface area contributed by atoms with Crippen molar-refractivity contribution in [3.8, 4) is 0 Å². The highest BCUT2D eigenvalue weighted by molar-refractivity contribution is 6.20. The molecule has 3 heteroatoms. The van der Waals surface area contributed by atoms with Gasteiger partial charge in [0.25, 0.3) is 0 Å². The van der Waals surface area contributed by atoms with Crippen LogP contribution in [0, 0.1) is 0 Å². The maximum Gasteiger partial charge on any atom is 0.0734 e. The Balaban J connectivity index is 3.56. The highest BCUT2D eigenvalue weighted by atomic mass is 15.4. The molecule has 0 atom stereocenters. The van der Waals surface area contributed by atoms with E-state index in [4.69, 9.17) is 7.85 Å². The molecule has 0 amide bonds. The minimum absolute atomic E-state index is 0.540. The van der Waals surface area contributed by atoms with Crippen LogP contribution in [0.1, 0.15) is 6.92 Å². The number of nitrogens with zero attached hydrogens (tertiary/aromatic N) is 2. The van der Waals surface area contributed by atoms with E-state index in [0.717, 1.165) is 5.71 Å². The molecule has 2 radical (unpaired) electrons. The fourth-order valence-electron chi connectivity index (χ4n) is 0.382. The van der Waals surface area contributed by atoms with E-state index in [2.05, 4.69) is 5.10 Å². The SMILES string of the molecule is [B]C/C(C)=N/N(C)C. The van der Waals surface area contributed by atoms with Crippen LogP contribution in [0.5, 0.6) is 0 Å². The summed E-state index contributed by atoms with van der Waals surface area (Å²) in [5, 5.41) is 5.76. The molecule has 0 aromatic rings. The first-order chi connectivity index (χ1) is 3.66. The lowest BCUT2D eigenvalue weighted by Gasteiger charge is -2.04. The number of hydrogen-bond donors (Lipinski definition) is 0. The van der Waals surface area contributed by atoms with E-state index in [1.165, 1.54) is 0 Å². The van der Waals surface area contributed by atoms with Crippen LogP contribution in [-0.2, 0) is 0 Å². The Kier molecular flexibility index (Phi) is 3.32. The van der Waals surface area contributed by atoms with Crippen molar-refractivity contribution in [3.63, 3.8) is 0 Å². The molecule has 0 saturated heterocycles. The summed E-state index contributed by atoms with van der Waals surface area (Å²) in [6.45, 7) is 1.90. The van der Waals surface area contributed by atoms with Crippen molar-refractivity contribution in [2.45, 2.75) is 13.2 Å². The van der Waals surface area contributed by atoms with Crippen LogP contribution in [0.2, 0.25) is 6.32 Å². The summed E-state index contributed by atoms with van der Waals surface area (Å²) in [4.78, 5) is 0. The molecule has 0 rings (SSSR count). The zero-order valence-electron chi connectivity index (χ0n) is 5.68. The lowest BCUT2D eigenvalue weighted by atomic mass is 10.0. The Bertz CT molecular complexity index is 88.4. The van der Waals surface area contributed by atoms with Crippen LogP contribution < -0.4 is 0 Å². The topological polar surface area (TPSA) is 15.6 Å². The summed E-state index contributed by atoms with van der Waals surface area (Å²) in [5.41, 5.74) is 0.954. The smallest absolute Gasteiger partial charge is 0.0734 e. The third kappa shape index (κ3) is 3.72. The summed E-state index contributed by atoms with van der Waals surface area (Å²) in [6, 6.07) is 0. The predicted octanol–water partition coefficient (Wildman–Crippen LogP) is 0.511. The summed E-state index contributed by atoms with van der Waals surface area (Å²) in [7, 11) is 9.01. The molecule has 0 fully saturated rings. The highest BCUT2D eigenvalue weighted by Crippen LogP contribution is 1.83. The Morgan fingerprint density at radius 2 is 2.12 bits per heavy atom. The van der Waals surface area contributed by atoms with Gasteiger partial charge in [-0.2, -0.15) is 5.10 Å². The summed E-state index contributed by atoms with van der Waals surface area (Å²) >= 11 is 0. The monoisotopic (exact) mass is 110 g/mol. The first-order valence-corrected chi connectivity index (χ1v) is 2.58. The first kappa shape index (κ1) is 7.53. The molecule has 44 valence electrons. The van der Waals surface area contributed by atoms with Crippen molar-refractivity contribution < 1.29 is 0 Å². The fraction of sp³-hybridized carbons (Fsp3) is 0.800.